The summed E-state index contributed by atoms with van der Waals surface area (Å²) in [6, 6.07) is 23.9. The highest BCUT2D eigenvalue weighted by Gasteiger charge is 2.14. The topological polar surface area (TPSA) is 24.4 Å². The first-order chi connectivity index (χ1) is 17.2. The summed E-state index contributed by atoms with van der Waals surface area (Å²) in [5.41, 5.74) is 9.76. The van der Waals surface area contributed by atoms with Crippen molar-refractivity contribution in [3.05, 3.63) is 101 Å². The SMILES string of the molecule is CC(=CC(C)=Nc1c(CSc2ccccc2)cccc1C(C)C)Nc1c(C(C)C)cccc1C(C)C. The van der Waals surface area contributed by atoms with Gasteiger partial charge in [-0.05, 0) is 72.1 Å². The fraction of sp³-hybridized carbons (Fsp3) is 0.364. The maximum atomic E-state index is 5.18. The third kappa shape index (κ3) is 7.36. The first-order valence-electron chi connectivity index (χ1n) is 13.1. The molecule has 3 heteroatoms. The van der Waals surface area contributed by atoms with E-state index in [4.69, 9.17) is 4.99 Å². The number of anilines is 1. The molecule has 36 heavy (non-hydrogen) atoms. The third-order valence-electron chi connectivity index (χ3n) is 6.32. The van der Waals surface area contributed by atoms with Gasteiger partial charge in [0.15, 0.2) is 0 Å². The van der Waals surface area contributed by atoms with Crippen LogP contribution in [0.5, 0.6) is 0 Å². The van der Waals surface area contributed by atoms with Gasteiger partial charge < -0.3 is 5.32 Å². The number of allylic oxidation sites excluding steroid dienone is 2. The molecule has 0 aliphatic carbocycles. The molecule has 0 amide bonds. The monoisotopic (exact) mass is 498 g/mol. The second kappa shape index (κ2) is 13.0. The molecular formula is C33H42N2S. The van der Waals surface area contributed by atoms with Crippen molar-refractivity contribution < 1.29 is 0 Å². The van der Waals surface area contributed by atoms with Crippen LogP contribution in [0.25, 0.3) is 0 Å². The van der Waals surface area contributed by atoms with Crippen molar-refractivity contribution in [2.45, 2.75) is 83.8 Å². The van der Waals surface area contributed by atoms with E-state index in [1.165, 1.54) is 32.8 Å². The lowest BCUT2D eigenvalue weighted by Crippen LogP contribution is -2.07. The summed E-state index contributed by atoms with van der Waals surface area (Å²) >= 11 is 1.86. The van der Waals surface area contributed by atoms with Crippen molar-refractivity contribution in [2.75, 3.05) is 5.32 Å². The molecule has 0 atom stereocenters. The molecule has 0 bridgehead atoms. The standard InChI is InChI=1S/C33H42N2S/c1-22(2)29-17-12-14-27(21-36-28-15-10-9-11-16-28)32(29)34-25(7)20-26(8)35-33-30(23(3)4)18-13-19-31(33)24(5)6/h9-20,22-24,35H,21H2,1-8H3. The van der Waals surface area contributed by atoms with Gasteiger partial charge in [-0.1, -0.05) is 96.1 Å². The molecule has 0 aliphatic heterocycles. The van der Waals surface area contributed by atoms with Crippen LogP contribution in [-0.4, -0.2) is 5.71 Å². The van der Waals surface area contributed by atoms with Crippen LogP contribution in [0.15, 0.2) is 88.4 Å². The highest BCUT2D eigenvalue weighted by atomic mass is 32.2. The van der Waals surface area contributed by atoms with E-state index in [-0.39, 0.29) is 0 Å². The Bertz CT molecular complexity index is 1180. The number of rotatable bonds is 10. The normalized spacial score (nSPS) is 12.6. The van der Waals surface area contributed by atoms with E-state index < -0.39 is 0 Å². The minimum Gasteiger partial charge on any atom is -0.359 e. The molecule has 1 N–H and O–H groups in total. The molecule has 3 aromatic carbocycles. The molecular weight excluding hydrogens is 456 g/mol. The quantitative estimate of drug-likeness (QED) is 0.222. The highest BCUT2D eigenvalue weighted by molar-refractivity contribution is 7.98. The predicted octanol–water partition coefficient (Wildman–Crippen LogP) is 10.5. The van der Waals surface area contributed by atoms with Gasteiger partial charge in [-0.25, -0.2) is 0 Å². The summed E-state index contributed by atoms with van der Waals surface area (Å²) in [5.74, 6) is 2.22. The van der Waals surface area contributed by atoms with Gasteiger partial charge in [0, 0.05) is 27.7 Å². The van der Waals surface area contributed by atoms with Gasteiger partial charge in [-0.3, -0.25) is 4.99 Å². The van der Waals surface area contributed by atoms with Gasteiger partial charge in [0.25, 0.3) is 0 Å². The molecule has 0 fully saturated rings. The van der Waals surface area contributed by atoms with Crippen LogP contribution in [0.1, 0.15) is 95.4 Å². The zero-order chi connectivity index (χ0) is 26.2. The Labute approximate surface area is 223 Å². The average Bonchev–Trinajstić information content (AvgIpc) is 2.83. The first-order valence-corrected chi connectivity index (χ1v) is 14.1. The van der Waals surface area contributed by atoms with E-state index in [9.17, 15) is 0 Å². The molecule has 0 aromatic heterocycles. The maximum Gasteiger partial charge on any atom is 0.0707 e. The smallest absolute Gasteiger partial charge is 0.0707 e. The highest BCUT2D eigenvalue weighted by Crippen LogP contribution is 2.35. The zero-order valence-electron chi connectivity index (χ0n) is 23.2. The minimum atomic E-state index is 0.410. The Morgan fingerprint density at radius 3 is 1.89 bits per heavy atom. The Morgan fingerprint density at radius 1 is 0.750 bits per heavy atom. The Balaban J connectivity index is 1.93. The Morgan fingerprint density at radius 2 is 1.31 bits per heavy atom. The predicted molar refractivity (Wildman–Crippen MR) is 161 cm³/mol. The number of benzene rings is 3. The number of hydrogen-bond donors (Lipinski definition) is 1. The van der Waals surface area contributed by atoms with Crippen LogP contribution in [0.3, 0.4) is 0 Å². The Kier molecular flexibility index (Phi) is 10.0. The molecule has 0 spiro atoms. The zero-order valence-corrected chi connectivity index (χ0v) is 24.0. The van der Waals surface area contributed by atoms with E-state index in [1.807, 2.05) is 11.8 Å². The summed E-state index contributed by atoms with van der Waals surface area (Å²) < 4.78 is 0. The van der Waals surface area contributed by atoms with E-state index in [1.54, 1.807) is 0 Å². The van der Waals surface area contributed by atoms with Gasteiger partial charge in [0.1, 0.15) is 0 Å². The lowest BCUT2D eigenvalue weighted by atomic mass is 9.92. The minimum absolute atomic E-state index is 0.410. The van der Waals surface area contributed by atoms with Crippen LogP contribution in [0.2, 0.25) is 0 Å². The van der Waals surface area contributed by atoms with Crippen molar-refractivity contribution in [2.24, 2.45) is 4.99 Å². The largest absolute Gasteiger partial charge is 0.359 e. The third-order valence-corrected chi connectivity index (χ3v) is 7.38. The fourth-order valence-corrected chi connectivity index (χ4v) is 5.36. The van der Waals surface area contributed by atoms with Crippen molar-refractivity contribution >= 4 is 28.8 Å². The van der Waals surface area contributed by atoms with Crippen LogP contribution >= 0.6 is 11.8 Å². The van der Waals surface area contributed by atoms with Gasteiger partial charge in [0.05, 0.1) is 5.69 Å². The summed E-state index contributed by atoms with van der Waals surface area (Å²) in [6.07, 6.45) is 2.17. The van der Waals surface area contributed by atoms with Crippen molar-refractivity contribution in [1.29, 1.82) is 0 Å². The van der Waals surface area contributed by atoms with Gasteiger partial charge in [-0.2, -0.15) is 0 Å². The van der Waals surface area contributed by atoms with E-state index >= 15 is 0 Å². The van der Waals surface area contributed by atoms with Crippen molar-refractivity contribution in [3.63, 3.8) is 0 Å². The molecule has 2 nitrogen and oxygen atoms in total. The van der Waals surface area contributed by atoms with Crippen LogP contribution in [0.4, 0.5) is 11.4 Å². The van der Waals surface area contributed by atoms with E-state index in [0.29, 0.717) is 17.8 Å². The first kappa shape index (κ1) is 27.8. The average molecular weight is 499 g/mol. The molecule has 0 radical (unpaired) electrons. The van der Waals surface area contributed by atoms with Crippen LogP contribution < -0.4 is 5.32 Å². The van der Waals surface area contributed by atoms with Gasteiger partial charge in [-0.15, -0.1) is 11.8 Å². The molecule has 190 valence electrons. The number of aliphatic imine (C=N–C) groups is 1. The van der Waals surface area contributed by atoms with Gasteiger partial charge >= 0.3 is 0 Å². The lowest BCUT2D eigenvalue weighted by molar-refractivity contribution is 0.837. The second-order valence-electron chi connectivity index (χ2n) is 10.4. The number of hydrogen-bond acceptors (Lipinski definition) is 3. The Hall–Kier alpha value is -2.78. The number of para-hydroxylation sites is 2. The van der Waals surface area contributed by atoms with Crippen molar-refractivity contribution in [1.82, 2.24) is 0 Å². The maximum absolute atomic E-state index is 5.18. The molecule has 0 saturated carbocycles. The van der Waals surface area contributed by atoms with Crippen LogP contribution in [0, 0.1) is 0 Å². The summed E-state index contributed by atoms with van der Waals surface area (Å²) in [5, 5.41) is 3.73. The summed E-state index contributed by atoms with van der Waals surface area (Å²) in [7, 11) is 0. The molecule has 0 heterocycles. The fourth-order valence-electron chi connectivity index (χ4n) is 4.46. The second-order valence-corrected chi connectivity index (χ2v) is 11.5. The molecule has 0 aliphatic rings. The molecule has 3 rings (SSSR count). The molecule has 3 aromatic rings. The van der Waals surface area contributed by atoms with Crippen molar-refractivity contribution in [3.8, 4) is 0 Å². The summed E-state index contributed by atoms with van der Waals surface area (Å²) in [6.45, 7) is 17.8. The molecule has 0 saturated heterocycles. The van der Waals surface area contributed by atoms with E-state index in [0.717, 1.165) is 22.8 Å². The van der Waals surface area contributed by atoms with E-state index in [2.05, 4.69) is 134 Å². The lowest BCUT2D eigenvalue weighted by Gasteiger charge is -2.21. The van der Waals surface area contributed by atoms with Crippen LogP contribution in [-0.2, 0) is 5.75 Å². The van der Waals surface area contributed by atoms with Gasteiger partial charge in [0.2, 0.25) is 0 Å². The molecule has 0 unspecified atom stereocenters. The summed E-state index contributed by atoms with van der Waals surface area (Å²) in [4.78, 5) is 6.46. The number of nitrogens with one attached hydrogen (secondary N) is 1. The number of thioether (sulfide) groups is 1. The number of nitrogens with zero attached hydrogens (tertiary/aromatic N) is 1.